The first-order valence-corrected chi connectivity index (χ1v) is 10.7. The van der Waals surface area contributed by atoms with Gasteiger partial charge in [0.1, 0.15) is 11.6 Å². The maximum absolute atomic E-state index is 12.5. The average Bonchev–Trinajstić information content (AvgIpc) is 3.14. The predicted octanol–water partition coefficient (Wildman–Crippen LogP) is 5.40. The molecule has 0 saturated carbocycles. The van der Waals surface area contributed by atoms with Crippen LogP contribution in [0.3, 0.4) is 0 Å². The molecule has 1 heterocycles. The lowest BCUT2D eigenvalue weighted by atomic mass is 10.2. The zero-order valence-electron chi connectivity index (χ0n) is 17.3. The molecule has 4 aromatic rings. The molecule has 31 heavy (non-hydrogen) atoms. The molecule has 1 aromatic heterocycles. The Morgan fingerprint density at radius 3 is 2.68 bits per heavy atom. The molecule has 0 aliphatic heterocycles. The second-order valence-corrected chi connectivity index (χ2v) is 7.81. The van der Waals surface area contributed by atoms with E-state index in [1.807, 2.05) is 48.5 Å². The van der Waals surface area contributed by atoms with Gasteiger partial charge in [-0.15, -0.1) is 0 Å². The number of carbonyl (C=O) groups excluding carboxylic acids is 1. The van der Waals surface area contributed by atoms with Gasteiger partial charge < -0.3 is 14.6 Å². The third kappa shape index (κ3) is 5.25. The number of aromatic nitrogens is 2. The topological polar surface area (TPSA) is 56.1 Å². The Balaban J connectivity index is 1.42. The number of para-hydroxylation sites is 2. The fourth-order valence-corrected chi connectivity index (χ4v) is 3.64. The van der Waals surface area contributed by atoms with Crippen LogP contribution in [-0.2, 0) is 13.1 Å². The van der Waals surface area contributed by atoms with E-state index in [4.69, 9.17) is 21.3 Å². The molecular formula is C25H24ClN3O2. The highest BCUT2D eigenvalue weighted by Crippen LogP contribution is 2.18. The number of hydrogen-bond acceptors (Lipinski definition) is 3. The monoisotopic (exact) mass is 433 g/mol. The zero-order valence-corrected chi connectivity index (χ0v) is 18.1. The molecule has 0 radical (unpaired) electrons. The molecule has 4 rings (SSSR count). The van der Waals surface area contributed by atoms with Gasteiger partial charge in [-0.3, -0.25) is 4.79 Å². The van der Waals surface area contributed by atoms with Crippen molar-refractivity contribution in [3.05, 3.63) is 94.8 Å². The molecular weight excluding hydrogens is 410 g/mol. The van der Waals surface area contributed by atoms with Crippen molar-refractivity contribution in [2.75, 3.05) is 6.61 Å². The minimum Gasteiger partial charge on any atom is -0.494 e. The molecule has 1 N–H and O–H groups in total. The van der Waals surface area contributed by atoms with Gasteiger partial charge >= 0.3 is 0 Å². The highest BCUT2D eigenvalue weighted by Gasteiger charge is 2.12. The van der Waals surface area contributed by atoms with Crippen LogP contribution in [0.4, 0.5) is 0 Å². The summed E-state index contributed by atoms with van der Waals surface area (Å²) < 4.78 is 8.01. The summed E-state index contributed by atoms with van der Waals surface area (Å²) in [5.41, 5.74) is 3.70. The summed E-state index contributed by atoms with van der Waals surface area (Å²) in [4.78, 5) is 17.2. The van der Waals surface area contributed by atoms with Crippen LogP contribution in [0, 0.1) is 6.92 Å². The van der Waals surface area contributed by atoms with Crippen molar-refractivity contribution in [2.45, 2.75) is 26.4 Å². The fraction of sp³-hybridized carbons (Fsp3) is 0.200. The molecule has 158 valence electrons. The number of imidazole rings is 1. The van der Waals surface area contributed by atoms with Crippen molar-refractivity contribution >= 4 is 28.5 Å². The summed E-state index contributed by atoms with van der Waals surface area (Å²) >= 11 is 6.00. The maximum atomic E-state index is 12.5. The molecule has 1 amide bonds. The molecule has 0 aliphatic rings. The number of nitrogens with one attached hydrogen (secondary N) is 1. The lowest BCUT2D eigenvalue weighted by Gasteiger charge is -2.11. The van der Waals surface area contributed by atoms with Gasteiger partial charge in [0, 0.05) is 17.1 Å². The first-order chi connectivity index (χ1) is 15.1. The Kier molecular flexibility index (Phi) is 6.53. The van der Waals surface area contributed by atoms with E-state index >= 15 is 0 Å². The number of ether oxygens (including phenoxy) is 1. The summed E-state index contributed by atoms with van der Waals surface area (Å²) in [6.45, 7) is 3.73. The van der Waals surface area contributed by atoms with Crippen LogP contribution < -0.4 is 10.1 Å². The van der Waals surface area contributed by atoms with Crippen LogP contribution in [0.5, 0.6) is 5.75 Å². The van der Waals surface area contributed by atoms with Gasteiger partial charge in [-0.05, 0) is 55.8 Å². The number of benzene rings is 3. The Bertz CT molecular complexity index is 1190. The first kappa shape index (κ1) is 20.9. The minimum atomic E-state index is -0.177. The smallest absolute Gasteiger partial charge is 0.251 e. The normalized spacial score (nSPS) is 10.9. The molecule has 6 heteroatoms. The van der Waals surface area contributed by atoms with Crippen LogP contribution in [0.15, 0.2) is 72.8 Å². The van der Waals surface area contributed by atoms with Gasteiger partial charge in [-0.2, -0.15) is 0 Å². The molecule has 0 fully saturated rings. The van der Waals surface area contributed by atoms with Crippen molar-refractivity contribution in [1.29, 1.82) is 0 Å². The average molecular weight is 434 g/mol. The van der Waals surface area contributed by atoms with Gasteiger partial charge in [-0.25, -0.2) is 4.98 Å². The van der Waals surface area contributed by atoms with Crippen LogP contribution in [-0.4, -0.2) is 22.1 Å². The van der Waals surface area contributed by atoms with Crippen molar-refractivity contribution < 1.29 is 9.53 Å². The van der Waals surface area contributed by atoms with Gasteiger partial charge in [0.15, 0.2) is 0 Å². The van der Waals surface area contributed by atoms with E-state index in [0.29, 0.717) is 23.7 Å². The zero-order chi connectivity index (χ0) is 21.6. The quantitative estimate of drug-likeness (QED) is 0.378. The highest BCUT2D eigenvalue weighted by molar-refractivity contribution is 6.30. The van der Waals surface area contributed by atoms with E-state index in [1.54, 1.807) is 24.3 Å². The van der Waals surface area contributed by atoms with Crippen molar-refractivity contribution in [2.24, 2.45) is 0 Å². The van der Waals surface area contributed by atoms with Gasteiger partial charge in [0.25, 0.3) is 5.91 Å². The number of amides is 1. The number of fused-ring (bicyclic) bond motifs is 1. The summed E-state index contributed by atoms with van der Waals surface area (Å²) in [5.74, 6) is 1.51. The van der Waals surface area contributed by atoms with Crippen LogP contribution in [0.2, 0.25) is 5.02 Å². The summed E-state index contributed by atoms with van der Waals surface area (Å²) in [7, 11) is 0. The van der Waals surface area contributed by atoms with Gasteiger partial charge in [0.05, 0.1) is 24.2 Å². The lowest BCUT2D eigenvalue weighted by molar-refractivity contribution is 0.0949. The largest absolute Gasteiger partial charge is 0.494 e. The summed E-state index contributed by atoms with van der Waals surface area (Å²) in [6, 6.07) is 23.0. The molecule has 0 atom stereocenters. The van der Waals surface area contributed by atoms with Gasteiger partial charge in [0.2, 0.25) is 0 Å². The summed E-state index contributed by atoms with van der Waals surface area (Å²) in [5, 5.41) is 3.49. The number of carbonyl (C=O) groups is 1. The molecule has 5 nitrogen and oxygen atoms in total. The highest BCUT2D eigenvalue weighted by atomic mass is 35.5. The number of halogens is 1. The fourth-order valence-electron chi connectivity index (χ4n) is 3.45. The Morgan fingerprint density at radius 2 is 1.87 bits per heavy atom. The van der Waals surface area contributed by atoms with Crippen LogP contribution in [0.25, 0.3) is 11.0 Å². The predicted molar refractivity (Wildman–Crippen MR) is 124 cm³/mol. The molecule has 0 bridgehead atoms. The van der Waals surface area contributed by atoms with E-state index in [0.717, 1.165) is 35.6 Å². The van der Waals surface area contributed by atoms with Crippen molar-refractivity contribution in [3.8, 4) is 5.75 Å². The Labute approximate surface area is 186 Å². The maximum Gasteiger partial charge on any atom is 0.251 e. The SMILES string of the molecule is Cc1ccc(OCCCn2c(CNC(=O)c3cccc(Cl)c3)nc3ccccc32)cc1. The second kappa shape index (κ2) is 9.67. The number of rotatable bonds is 8. The Hall–Kier alpha value is -3.31. The lowest BCUT2D eigenvalue weighted by Crippen LogP contribution is -2.25. The first-order valence-electron chi connectivity index (χ1n) is 10.3. The van der Waals surface area contributed by atoms with Crippen molar-refractivity contribution in [1.82, 2.24) is 14.9 Å². The molecule has 0 unspecified atom stereocenters. The number of hydrogen-bond donors (Lipinski definition) is 1. The van der Waals surface area contributed by atoms with E-state index in [2.05, 4.69) is 16.8 Å². The molecule has 0 spiro atoms. The van der Waals surface area contributed by atoms with E-state index < -0.39 is 0 Å². The van der Waals surface area contributed by atoms with Crippen molar-refractivity contribution in [3.63, 3.8) is 0 Å². The van der Waals surface area contributed by atoms with E-state index in [-0.39, 0.29) is 5.91 Å². The Morgan fingerprint density at radius 1 is 1.06 bits per heavy atom. The molecule has 0 saturated heterocycles. The number of aryl methyl sites for hydroxylation is 2. The standard InChI is InChI=1S/C25H24ClN3O2/c1-18-10-12-21(13-11-18)31-15-5-14-29-23-9-3-2-8-22(23)28-24(29)17-27-25(30)19-6-4-7-20(26)16-19/h2-4,6-13,16H,5,14-15,17H2,1H3,(H,27,30). The van der Waals surface area contributed by atoms with Gasteiger partial charge in [-0.1, -0.05) is 47.5 Å². The second-order valence-electron chi connectivity index (χ2n) is 7.38. The minimum absolute atomic E-state index is 0.177. The van der Waals surface area contributed by atoms with E-state index in [9.17, 15) is 4.79 Å². The molecule has 0 aliphatic carbocycles. The number of nitrogens with zero attached hydrogens (tertiary/aromatic N) is 2. The van der Waals surface area contributed by atoms with E-state index in [1.165, 1.54) is 5.56 Å². The third-order valence-corrected chi connectivity index (χ3v) is 5.28. The van der Waals surface area contributed by atoms with Crippen LogP contribution in [0.1, 0.15) is 28.2 Å². The van der Waals surface area contributed by atoms with Crippen LogP contribution >= 0.6 is 11.6 Å². The third-order valence-electron chi connectivity index (χ3n) is 5.04. The molecule has 3 aromatic carbocycles. The summed E-state index contributed by atoms with van der Waals surface area (Å²) in [6.07, 6.45) is 0.823.